The van der Waals surface area contributed by atoms with Crippen LogP contribution in [0.1, 0.15) is 11.1 Å². The van der Waals surface area contributed by atoms with Gasteiger partial charge in [-0.3, -0.25) is 4.98 Å². The highest BCUT2D eigenvalue weighted by molar-refractivity contribution is 7.80. The van der Waals surface area contributed by atoms with Gasteiger partial charge in [-0.1, -0.05) is 29.9 Å². The molecule has 0 spiro atoms. The molecule has 0 saturated carbocycles. The quantitative estimate of drug-likeness (QED) is 0.844. The number of aromatic nitrogens is 1. The Morgan fingerprint density at radius 1 is 1.33 bits per heavy atom. The number of nitrogens with one attached hydrogen (secondary N) is 1. The first-order valence-electron chi connectivity index (χ1n) is 5.35. The molecule has 0 unspecified atom stereocenters. The summed E-state index contributed by atoms with van der Waals surface area (Å²) in [6.45, 7) is 1.95. The molecule has 0 aliphatic rings. The number of hydrogen-bond donors (Lipinski definition) is 2. The number of nitrogens with zero attached hydrogens (tertiary/aromatic N) is 1. The smallest absolute Gasteiger partial charge is 0.106 e. The number of halogens is 1. The van der Waals surface area contributed by atoms with Crippen molar-refractivity contribution in [1.29, 1.82) is 0 Å². The minimum Gasteiger partial charge on any atom is -0.389 e. The number of pyridine rings is 1. The van der Waals surface area contributed by atoms with Gasteiger partial charge in [0.05, 0.1) is 11.9 Å². The zero-order chi connectivity index (χ0) is 13.1. The van der Waals surface area contributed by atoms with Gasteiger partial charge in [0.2, 0.25) is 0 Å². The highest BCUT2D eigenvalue weighted by atomic mass is 35.5. The van der Waals surface area contributed by atoms with E-state index in [1.165, 1.54) is 0 Å². The molecule has 5 heteroatoms. The second-order valence-corrected chi connectivity index (χ2v) is 4.67. The van der Waals surface area contributed by atoms with E-state index in [-0.39, 0.29) is 0 Å². The van der Waals surface area contributed by atoms with Gasteiger partial charge in [0.25, 0.3) is 0 Å². The third kappa shape index (κ3) is 2.60. The number of benzene rings is 1. The molecule has 92 valence electrons. The summed E-state index contributed by atoms with van der Waals surface area (Å²) in [5, 5.41) is 3.96. The first kappa shape index (κ1) is 12.8. The molecule has 0 fully saturated rings. The van der Waals surface area contributed by atoms with Crippen LogP contribution in [0.4, 0.5) is 11.4 Å². The lowest BCUT2D eigenvalue weighted by Crippen LogP contribution is -2.12. The van der Waals surface area contributed by atoms with Crippen LogP contribution in [0.25, 0.3) is 0 Å². The first-order valence-corrected chi connectivity index (χ1v) is 6.14. The number of rotatable bonds is 3. The molecule has 18 heavy (non-hydrogen) atoms. The van der Waals surface area contributed by atoms with Gasteiger partial charge in [0, 0.05) is 22.5 Å². The summed E-state index contributed by atoms with van der Waals surface area (Å²) >= 11 is 11.1. The number of nitrogens with two attached hydrogens (primary N) is 1. The second-order valence-electron chi connectivity index (χ2n) is 3.82. The van der Waals surface area contributed by atoms with Crippen molar-refractivity contribution < 1.29 is 0 Å². The van der Waals surface area contributed by atoms with Gasteiger partial charge in [-0.15, -0.1) is 0 Å². The van der Waals surface area contributed by atoms with Crippen LogP contribution in [0, 0.1) is 6.92 Å². The van der Waals surface area contributed by atoms with Gasteiger partial charge >= 0.3 is 0 Å². The van der Waals surface area contributed by atoms with Crippen LogP contribution in [0.15, 0.2) is 36.7 Å². The van der Waals surface area contributed by atoms with E-state index in [0.717, 1.165) is 22.5 Å². The van der Waals surface area contributed by atoms with Crippen molar-refractivity contribution in [3.63, 3.8) is 0 Å². The van der Waals surface area contributed by atoms with Crippen molar-refractivity contribution in [2.75, 3.05) is 5.32 Å². The van der Waals surface area contributed by atoms with Crippen LogP contribution in [-0.2, 0) is 0 Å². The predicted molar refractivity (Wildman–Crippen MR) is 79.6 cm³/mol. The maximum atomic E-state index is 6.08. The van der Waals surface area contributed by atoms with Gasteiger partial charge in [-0.25, -0.2) is 0 Å². The summed E-state index contributed by atoms with van der Waals surface area (Å²) in [6, 6.07) is 7.45. The third-order valence-electron chi connectivity index (χ3n) is 2.62. The zero-order valence-corrected chi connectivity index (χ0v) is 11.3. The molecule has 1 heterocycles. The van der Waals surface area contributed by atoms with E-state index >= 15 is 0 Å². The maximum absolute atomic E-state index is 6.08. The second kappa shape index (κ2) is 5.33. The third-order valence-corrected chi connectivity index (χ3v) is 3.25. The van der Waals surface area contributed by atoms with Gasteiger partial charge in [-0.2, -0.15) is 0 Å². The minimum absolute atomic E-state index is 0.333. The molecular weight excluding hydrogens is 266 g/mol. The van der Waals surface area contributed by atoms with Gasteiger partial charge in [0.1, 0.15) is 4.99 Å². The van der Waals surface area contributed by atoms with Crippen molar-refractivity contribution >= 4 is 40.2 Å². The number of hydrogen-bond acceptors (Lipinski definition) is 3. The summed E-state index contributed by atoms with van der Waals surface area (Å²) in [5.74, 6) is 0. The van der Waals surface area contributed by atoms with Crippen molar-refractivity contribution in [3.05, 3.63) is 52.8 Å². The van der Waals surface area contributed by atoms with Gasteiger partial charge in [0.15, 0.2) is 0 Å². The van der Waals surface area contributed by atoms with Gasteiger partial charge in [-0.05, 0) is 30.7 Å². The molecule has 0 bridgehead atoms. The molecule has 3 nitrogen and oxygen atoms in total. The van der Waals surface area contributed by atoms with Gasteiger partial charge < -0.3 is 11.1 Å². The van der Waals surface area contributed by atoms with E-state index in [1.54, 1.807) is 18.5 Å². The fourth-order valence-electron chi connectivity index (χ4n) is 1.60. The standard InChI is InChI=1S/C13H12ClN3S/c1-8-10(14)3-2-4-11(8)17-12-7-16-6-5-9(12)13(15)18/h2-7,17H,1H3,(H2,15,18). The summed E-state index contributed by atoms with van der Waals surface area (Å²) in [7, 11) is 0. The number of anilines is 2. The van der Waals surface area contributed by atoms with E-state index in [0.29, 0.717) is 10.0 Å². The Kier molecular flexibility index (Phi) is 3.79. The lowest BCUT2D eigenvalue weighted by Gasteiger charge is -2.13. The van der Waals surface area contributed by atoms with E-state index in [9.17, 15) is 0 Å². The molecular formula is C13H12ClN3S. The maximum Gasteiger partial charge on any atom is 0.106 e. The first-order chi connectivity index (χ1) is 8.59. The molecule has 0 atom stereocenters. The summed E-state index contributed by atoms with van der Waals surface area (Å²) < 4.78 is 0. The highest BCUT2D eigenvalue weighted by Gasteiger charge is 2.07. The van der Waals surface area contributed by atoms with Crippen LogP contribution in [0.3, 0.4) is 0 Å². The van der Waals surface area contributed by atoms with E-state index in [2.05, 4.69) is 10.3 Å². The van der Waals surface area contributed by atoms with Crippen molar-refractivity contribution in [2.45, 2.75) is 6.92 Å². The monoisotopic (exact) mass is 277 g/mol. The molecule has 2 aromatic rings. The highest BCUT2D eigenvalue weighted by Crippen LogP contribution is 2.27. The number of thiocarbonyl (C=S) groups is 1. The molecule has 1 aromatic heterocycles. The lowest BCUT2D eigenvalue weighted by atomic mass is 10.1. The van der Waals surface area contributed by atoms with Crippen LogP contribution >= 0.6 is 23.8 Å². The molecule has 0 radical (unpaired) electrons. The average Bonchev–Trinajstić information content (AvgIpc) is 2.35. The lowest BCUT2D eigenvalue weighted by molar-refractivity contribution is 1.31. The predicted octanol–water partition coefficient (Wildman–Crippen LogP) is 3.42. The van der Waals surface area contributed by atoms with Crippen molar-refractivity contribution in [2.24, 2.45) is 5.73 Å². The van der Waals surface area contributed by atoms with Crippen LogP contribution in [0.2, 0.25) is 5.02 Å². The normalized spacial score (nSPS) is 10.1. The van der Waals surface area contributed by atoms with Crippen LogP contribution < -0.4 is 11.1 Å². The van der Waals surface area contributed by atoms with Crippen molar-refractivity contribution in [3.8, 4) is 0 Å². The molecule has 3 N–H and O–H groups in total. The Morgan fingerprint density at radius 2 is 2.11 bits per heavy atom. The Balaban J connectivity index is 2.40. The summed E-state index contributed by atoms with van der Waals surface area (Å²) in [6.07, 6.45) is 3.35. The van der Waals surface area contributed by atoms with E-state index in [4.69, 9.17) is 29.6 Å². The summed E-state index contributed by atoms with van der Waals surface area (Å²) in [4.78, 5) is 4.40. The van der Waals surface area contributed by atoms with Crippen molar-refractivity contribution in [1.82, 2.24) is 4.98 Å². The average molecular weight is 278 g/mol. The molecule has 2 rings (SSSR count). The Labute approximate surface area is 116 Å². The minimum atomic E-state index is 0.333. The zero-order valence-electron chi connectivity index (χ0n) is 9.77. The SMILES string of the molecule is Cc1c(Cl)cccc1Nc1cnccc1C(N)=S. The topological polar surface area (TPSA) is 50.9 Å². The Morgan fingerprint density at radius 3 is 2.83 bits per heavy atom. The molecule has 1 aromatic carbocycles. The fourth-order valence-corrected chi connectivity index (χ4v) is 1.95. The Hall–Kier alpha value is -1.65. The van der Waals surface area contributed by atoms with Crippen LogP contribution in [-0.4, -0.2) is 9.97 Å². The van der Waals surface area contributed by atoms with E-state index < -0.39 is 0 Å². The summed E-state index contributed by atoms with van der Waals surface area (Å²) in [5.41, 5.74) is 9.09. The molecule has 0 saturated heterocycles. The molecule has 0 aliphatic heterocycles. The largest absolute Gasteiger partial charge is 0.389 e. The molecule has 0 aliphatic carbocycles. The van der Waals surface area contributed by atoms with Crippen LogP contribution in [0.5, 0.6) is 0 Å². The molecule has 0 amide bonds. The fraction of sp³-hybridized carbons (Fsp3) is 0.0769. The van der Waals surface area contributed by atoms with E-state index in [1.807, 2.05) is 25.1 Å². The Bertz CT molecular complexity index is 599.